The molecular weight excluding hydrogens is 383 g/mol. The molecule has 1 aromatic rings. The molecule has 8 heteroatoms. The topological polar surface area (TPSA) is 65.4 Å². The van der Waals surface area contributed by atoms with Crippen LogP contribution in [-0.4, -0.2) is 37.7 Å². The number of amides is 1. The van der Waals surface area contributed by atoms with Crippen molar-refractivity contribution in [3.8, 4) is 6.07 Å². The van der Waals surface area contributed by atoms with Crippen LogP contribution in [0, 0.1) is 11.3 Å². The van der Waals surface area contributed by atoms with E-state index < -0.39 is 11.7 Å². The zero-order chi connectivity index (χ0) is 20.9. The summed E-state index contributed by atoms with van der Waals surface area (Å²) in [5.74, 6) is -0.133. The van der Waals surface area contributed by atoms with Crippen LogP contribution in [0.1, 0.15) is 56.1 Å². The van der Waals surface area contributed by atoms with E-state index in [9.17, 15) is 18.0 Å². The molecule has 1 aromatic carbocycles. The van der Waals surface area contributed by atoms with E-state index in [0.717, 1.165) is 31.7 Å². The van der Waals surface area contributed by atoms with E-state index in [2.05, 4.69) is 5.32 Å². The number of halogens is 3. The highest BCUT2D eigenvalue weighted by Gasteiger charge is 2.34. The molecule has 1 saturated carbocycles. The molecule has 5 nitrogen and oxygen atoms in total. The molecule has 0 bridgehead atoms. The molecule has 0 aromatic heterocycles. The van der Waals surface area contributed by atoms with Gasteiger partial charge in [-0.25, -0.2) is 0 Å². The third kappa shape index (κ3) is 5.86. The number of alkyl halides is 3. The summed E-state index contributed by atoms with van der Waals surface area (Å²) in [5, 5.41) is 11.9. The molecular formula is C21H26F3N3O2. The van der Waals surface area contributed by atoms with Crippen LogP contribution in [0.5, 0.6) is 0 Å². The lowest BCUT2D eigenvalue weighted by Crippen LogP contribution is -2.46. The normalized spacial score (nSPS) is 19.0. The lowest BCUT2D eigenvalue weighted by Gasteiger charge is -2.34. The molecule has 0 unspecified atom stereocenters. The van der Waals surface area contributed by atoms with Gasteiger partial charge in [-0.1, -0.05) is 19.3 Å². The summed E-state index contributed by atoms with van der Waals surface area (Å²) in [6.45, 7) is 1.14. The number of carbonyl (C=O) groups is 1. The zero-order valence-corrected chi connectivity index (χ0v) is 16.3. The quantitative estimate of drug-likeness (QED) is 0.798. The first-order valence-corrected chi connectivity index (χ1v) is 10.1. The highest BCUT2D eigenvalue weighted by atomic mass is 19.4. The summed E-state index contributed by atoms with van der Waals surface area (Å²) in [6.07, 6.45) is 2.46. The van der Waals surface area contributed by atoms with Crippen molar-refractivity contribution in [1.29, 1.82) is 5.26 Å². The number of anilines is 1. The zero-order valence-electron chi connectivity index (χ0n) is 16.3. The third-order valence-electron chi connectivity index (χ3n) is 5.66. The third-order valence-corrected chi connectivity index (χ3v) is 5.66. The summed E-state index contributed by atoms with van der Waals surface area (Å²) in [6, 6.07) is 5.39. The van der Waals surface area contributed by atoms with Crippen LogP contribution in [0.25, 0.3) is 0 Å². The van der Waals surface area contributed by atoms with Crippen molar-refractivity contribution in [2.75, 3.05) is 24.6 Å². The summed E-state index contributed by atoms with van der Waals surface area (Å²) in [7, 11) is 0. The minimum atomic E-state index is -4.56. The fourth-order valence-electron chi connectivity index (χ4n) is 4.04. The van der Waals surface area contributed by atoms with Crippen molar-refractivity contribution < 1.29 is 22.7 Å². The Labute approximate surface area is 168 Å². The molecule has 0 radical (unpaired) electrons. The fraction of sp³-hybridized carbons (Fsp3) is 0.619. The number of nitrogens with zero attached hydrogens (tertiary/aromatic N) is 2. The number of ether oxygens (including phenoxy) is 1. The van der Waals surface area contributed by atoms with Crippen molar-refractivity contribution in [2.45, 2.75) is 63.3 Å². The molecule has 2 fully saturated rings. The maximum Gasteiger partial charge on any atom is 0.417 e. The SMILES string of the molecule is N#Cc1ccc(N2CCC(NC(=O)COC3CCCCC3)CC2)cc1C(F)(F)F. The summed E-state index contributed by atoms with van der Waals surface area (Å²) in [5.41, 5.74) is -0.837. The number of hydrogen-bond acceptors (Lipinski definition) is 4. The van der Waals surface area contributed by atoms with E-state index in [1.807, 2.05) is 4.90 Å². The van der Waals surface area contributed by atoms with Crippen LogP contribution >= 0.6 is 0 Å². The molecule has 2 aliphatic rings. The number of hydrogen-bond donors (Lipinski definition) is 1. The number of benzene rings is 1. The number of nitriles is 1. The highest BCUT2D eigenvalue weighted by Crippen LogP contribution is 2.35. The molecule has 3 rings (SSSR count). The Kier molecular flexibility index (Phi) is 7.01. The number of rotatable bonds is 5. The maximum absolute atomic E-state index is 13.2. The Hall–Kier alpha value is -2.27. The van der Waals surface area contributed by atoms with Gasteiger partial charge in [-0.3, -0.25) is 4.79 Å². The number of piperidine rings is 1. The molecule has 1 aliphatic carbocycles. The standard InChI is InChI=1S/C21H26F3N3O2/c22-21(23,24)19-12-17(7-6-15(19)13-25)27-10-8-16(9-11-27)26-20(28)14-29-18-4-2-1-3-5-18/h6-7,12,16,18H,1-5,8-11,14H2,(H,26,28). The van der Waals surface area contributed by atoms with Crippen LogP contribution in [0.4, 0.5) is 18.9 Å². The van der Waals surface area contributed by atoms with Gasteiger partial charge >= 0.3 is 6.18 Å². The van der Waals surface area contributed by atoms with Gasteiger partial charge in [0.1, 0.15) is 6.61 Å². The first-order valence-electron chi connectivity index (χ1n) is 10.1. The number of carbonyl (C=O) groups excluding carboxylic acids is 1. The average Bonchev–Trinajstić information content (AvgIpc) is 2.72. The van der Waals surface area contributed by atoms with Gasteiger partial charge in [0.05, 0.1) is 23.3 Å². The monoisotopic (exact) mass is 409 g/mol. The van der Waals surface area contributed by atoms with Crippen LogP contribution in [0.2, 0.25) is 0 Å². The van der Waals surface area contributed by atoms with E-state index in [-0.39, 0.29) is 30.2 Å². The molecule has 0 spiro atoms. The molecule has 1 aliphatic heterocycles. The van der Waals surface area contributed by atoms with Crippen molar-refractivity contribution in [2.24, 2.45) is 0 Å². The lowest BCUT2D eigenvalue weighted by atomic mass is 9.98. The first-order chi connectivity index (χ1) is 13.9. The Morgan fingerprint density at radius 1 is 1.17 bits per heavy atom. The predicted molar refractivity (Wildman–Crippen MR) is 102 cm³/mol. The van der Waals surface area contributed by atoms with E-state index in [0.29, 0.717) is 31.6 Å². The number of nitrogens with one attached hydrogen (secondary N) is 1. The molecule has 1 saturated heterocycles. The predicted octanol–water partition coefficient (Wildman–Crippen LogP) is 4.01. The van der Waals surface area contributed by atoms with Crippen LogP contribution in [-0.2, 0) is 15.7 Å². The smallest absolute Gasteiger partial charge is 0.371 e. The Balaban J connectivity index is 1.49. The van der Waals surface area contributed by atoms with Gasteiger partial charge in [-0.05, 0) is 43.9 Å². The fourth-order valence-corrected chi connectivity index (χ4v) is 4.04. The van der Waals surface area contributed by atoms with Gasteiger partial charge in [-0.2, -0.15) is 18.4 Å². The van der Waals surface area contributed by atoms with Crippen LogP contribution < -0.4 is 10.2 Å². The second-order valence-corrected chi connectivity index (χ2v) is 7.74. The Morgan fingerprint density at radius 3 is 2.48 bits per heavy atom. The van der Waals surface area contributed by atoms with Crippen molar-refractivity contribution in [1.82, 2.24) is 5.32 Å². The largest absolute Gasteiger partial charge is 0.417 e. The molecule has 29 heavy (non-hydrogen) atoms. The molecule has 1 N–H and O–H groups in total. The average molecular weight is 409 g/mol. The second kappa shape index (κ2) is 9.49. The second-order valence-electron chi connectivity index (χ2n) is 7.74. The van der Waals surface area contributed by atoms with E-state index in [1.165, 1.54) is 12.5 Å². The van der Waals surface area contributed by atoms with Crippen LogP contribution in [0.15, 0.2) is 18.2 Å². The molecule has 0 atom stereocenters. The van der Waals surface area contributed by atoms with Crippen molar-refractivity contribution >= 4 is 11.6 Å². The van der Waals surface area contributed by atoms with E-state index >= 15 is 0 Å². The lowest BCUT2D eigenvalue weighted by molar-refractivity contribution is -0.137. The van der Waals surface area contributed by atoms with Gasteiger partial charge in [0, 0.05) is 24.8 Å². The van der Waals surface area contributed by atoms with Gasteiger partial charge in [0.2, 0.25) is 5.91 Å². The first kappa shape index (κ1) is 21.4. The highest BCUT2D eigenvalue weighted by molar-refractivity contribution is 5.77. The van der Waals surface area contributed by atoms with Crippen LogP contribution in [0.3, 0.4) is 0 Å². The summed E-state index contributed by atoms with van der Waals surface area (Å²) in [4.78, 5) is 14.0. The van der Waals surface area contributed by atoms with Gasteiger partial charge in [0.15, 0.2) is 0 Å². The van der Waals surface area contributed by atoms with Gasteiger partial charge in [0.25, 0.3) is 0 Å². The van der Waals surface area contributed by atoms with Gasteiger partial charge < -0.3 is 15.0 Å². The molecule has 1 heterocycles. The minimum absolute atomic E-state index is 0.00539. The summed E-state index contributed by atoms with van der Waals surface area (Å²) >= 11 is 0. The van der Waals surface area contributed by atoms with Gasteiger partial charge in [-0.15, -0.1) is 0 Å². The molecule has 1 amide bonds. The van der Waals surface area contributed by atoms with E-state index in [4.69, 9.17) is 10.00 Å². The Bertz CT molecular complexity index is 747. The summed E-state index contributed by atoms with van der Waals surface area (Å²) < 4.78 is 45.2. The Morgan fingerprint density at radius 2 is 1.86 bits per heavy atom. The van der Waals surface area contributed by atoms with E-state index in [1.54, 1.807) is 12.1 Å². The van der Waals surface area contributed by atoms with Crippen molar-refractivity contribution in [3.63, 3.8) is 0 Å². The van der Waals surface area contributed by atoms with Crippen molar-refractivity contribution in [3.05, 3.63) is 29.3 Å². The minimum Gasteiger partial charge on any atom is -0.371 e. The molecule has 158 valence electrons. The maximum atomic E-state index is 13.2.